The summed E-state index contributed by atoms with van der Waals surface area (Å²) in [6.45, 7) is 4.04. The van der Waals surface area contributed by atoms with Crippen molar-refractivity contribution in [3.8, 4) is 0 Å². The first-order chi connectivity index (χ1) is 6.83. The maximum Gasteiger partial charge on any atom is 0.155 e. The lowest BCUT2D eigenvalue weighted by Gasteiger charge is -2.10. The first kappa shape index (κ1) is 11.0. The van der Waals surface area contributed by atoms with Gasteiger partial charge in [-0.3, -0.25) is 0 Å². The predicted molar refractivity (Wildman–Crippen MR) is 56.7 cm³/mol. The van der Waals surface area contributed by atoms with Gasteiger partial charge in [-0.15, -0.1) is 6.58 Å². The number of rotatable bonds is 6. The molecule has 76 valence electrons. The van der Waals surface area contributed by atoms with E-state index in [1.807, 2.05) is 30.3 Å². The summed E-state index contributed by atoms with van der Waals surface area (Å²) in [5, 5.41) is 9.37. The molecule has 0 aliphatic rings. The van der Waals surface area contributed by atoms with Crippen LogP contribution in [-0.4, -0.2) is 11.4 Å². The molecule has 1 unspecified atom stereocenters. The van der Waals surface area contributed by atoms with Crippen LogP contribution in [0.4, 0.5) is 0 Å². The summed E-state index contributed by atoms with van der Waals surface area (Å²) in [5.74, 6) is 0. The maximum atomic E-state index is 9.37. The Bertz CT molecular complexity index is 256. The van der Waals surface area contributed by atoms with Gasteiger partial charge in [0.15, 0.2) is 6.29 Å². The van der Waals surface area contributed by atoms with Gasteiger partial charge in [-0.1, -0.05) is 36.4 Å². The average molecular weight is 192 g/mol. The van der Waals surface area contributed by atoms with E-state index < -0.39 is 6.29 Å². The van der Waals surface area contributed by atoms with Crippen LogP contribution in [0.1, 0.15) is 18.4 Å². The zero-order valence-electron chi connectivity index (χ0n) is 8.23. The molecular weight excluding hydrogens is 176 g/mol. The topological polar surface area (TPSA) is 29.5 Å². The molecule has 0 aliphatic carbocycles. The SMILES string of the molecule is C=CCCC(O)OCc1ccccc1. The van der Waals surface area contributed by atoms with Gasteiger partial charge in [0, 0.05) is 6.42 Å². The molecule has 0 saturated heterocycles. The van der Waals surface area contributed by atoms with Crippen LogP contribution < -0.4 is 0 Å². The van der Waals surface area contributed by atoms with Crippen LogP contribution in [0, 0.1) is 0 Å². The zero-order chi connectivity index (χ0) is 10.2. The van der Waals surface area contributed by atoms with E-state index in [1.165, 1.54) is 0 Å². The first-order valence-electron chi connectivity index (χ1n) is 4.77. The van der Waals surface area contributed by atoms with Crippen LogP contribution in [0.2, 0.25) is 0 Å². The summed E-state index contributed by atoms with van der Waals surface area (Å²) in [6, 6.07) is 9.81. The highest BCUT2D eigenvalue weighted by Crippen LogP contribution is 2.05. The van der Waals surface area contributed by atoms with E-state index >= 15 is 0 Å². The lowest BCUT2D eigenvalue weighted by Crippen LogP contribution is -2.10. The third-order valence-corrected chi connectivity index (χ3v) is 1.90. The molecule has 0 spiro atoms. The van der Waals surface area contributed by atoms with E-state index in [2.05, 4.69) is 6.58 Å². The molecule has 0 bridgehead atoms. The van der Waals surface area contributed by atoms with Gasteiger partial charge in [-0.05, 0) is 12.0 Å². The minimum Gasteiger partial charge on any atom is -0.368 e. The van der Waals surface area contributed by atoms with Gasteiger partial charge in [-0.25, -0.2) is 0 Å². The second-order valence-corrected chi connectivity index (χ2v) is 3.12. The average Bonchev–Trinajstić information content (AvgIpc) is 2.25. The Morgan fingerprint density at radius 3 is 2.71 bits per heavy atom. The molecule has 0 aliphatic heterocycles. The molecule has 0 radical (unpaired) electrons. The largest absolute Gasteiger partial charge is 0.368 e. The van der Waals surface area contributed by atoms with Crippen molar-refractivity contribution in [3.05, 3.63) is 48.6 Å². The predicted octanol–water partition coefficient (Wildman–Crippen LogP) is 2.49. The van der Waals surface area contributed by atoms with Crippen molar-refractivity contribution < 1.29 is 9.84 Å². The van der Waals surface area contributed by atoms with Gasteiger partial charge in [0.2, 0.25) is 0 Å². The molecule has 0 aromatic heterocycles. The molecule has 1 atom stereocenters. The molecule has 1 N–H and O–H groups in total. The van der Waals surface area contributed by atoms with E-state index in [4.69, 9.17) is 4.74 Å². The minimum absolute atomic E-state index is 0.457. The highest BCUT2D eigenvalue weighted by atomic mass is 16.6. The first-order valence-corrected chi connectivity index (χ1v) is 4.77. The van der Waals surface area contributed by atoms with E-state index in [0.717, 1.165) is 12.0 Å². The molecular formula is C12H16O2. The molecule has 0 amide bonds. The summed E-state index contributed by atoms with van der Waals surface area (Å²) in [6.07, 6.45) is 2.47. The van der Waals surface area contributed by atoms with Crippen LogP contribution in [-0.2, 0) is 11.3 Å². The molecule has 2 nitrogen and oxygen atoms in total. The minimum atomic E-state index is -0.687. The van der Waals surface area contributed by atoms with Crippen molar-refractivity contribution in [3.63, 3.8) is 0 Å². The van der Waals surface area contributed by atoms with Crippen LogP contribution >= 0.6 is 0 Å². The van der Waals surface area contributed by atoms with Crippen molar-refractivity contribution in [2.24, 2.45) is 0 Å². The smallest absolute Gasteiger partial charge is 0.155 e. The number of ether oxygens (including phenoxy) is 1. The molecule has 0 saturated carbocycles. The Labute approximate surface area is 84.8 Å². The van der Waals surface area contributed by atoms with Gasteiger partial charge in [0.1, 0.15) is 0 Å². The monoisotopic (exact) mass is 192 g/mol. The third-order valence-electron chi connectivity index (χ3n) is 1.90. The lowest BCUT2D eigenvalue weighted by atomic mass is 10.2. The zero-order valence-corrected chi connectivity index (χ0v) is 8.23. The van der Waals surface area contributed by atoms with Gasteiger partial charge in [0.05, 0.1) is 6.61 Å². The number of aliphatic hydroxyl groups is 1. The standard InChI is InChI=1S/C12H16O2/c1-2-3-9-12(13)14-10-11-7-5-4-6-8-11/h2,4-8,12-13H,1,3,9-10H2. The van der Waals surface area contributed by atoms with Crippen LogP contribution in [0.5, 0.6) is 0 Å². The fourth-order valence-electron chi connectivity index (χ4n) is 1.11. The summed E-state index contributed by atoms with van der Waals surface area (Å²) in [7, 11) is 0. The quantitative estimate of drug-likeness (QED) is 0.554. The summed E-state index contributed by atoms with van der Waals surface area (Å²) in [5.41, 5.74) is 1.07. The van der Waals surface area contributed by atoms with E-state index in [-0.39, 0.29) is 0 Å². The second-order valence-electron chi connectivity index (χ2n) is 3.12. The molecule has 1 rings (SSSR count). The van der Waals surface area contributed by atoms with Crippen LogP contribution in [0.3, 0.4) is 0 Å². The number of hydrogen-bond donors (Lipinski definition) is 1. The Kier molecular flexibility index (Phi) is 4.97. The Morgan fingerprint density at radius 1 is 1.36 bits per heavy atom. The van der Waals surface area contributed by atoms with Gasteiger partial charge < -0.3 is 9.84 Å². The fourth-order valence-corrected chi connectivity index (χ4v) is 1.11. The van der Waals surface area contributed by atoms with Crippen molar-refractivity contribution in [1.29, 1.82) is 0 Å². The van der Waals surface area contributed by atoms with Crippen molar-refractivity contribution in [2.75, 3.05) is 0 Å². The summed E-state index contributed by atoms with van der Waals surface area (Å²) in [4.78, 5) is 0. The number of aliphatic hydroxyl groups excluding tert-OH is 1. The van der Waals surface area contributed by atoms with Gasteiger partial charge in [-0.2, -0.15) is 0 Å². The molecule has 14 heavy (non-hydrogen) atoms. The molecule has 1 aromatic carbocycles. The molecule has 1 aromatic rings. The van der Waals surface area contributed by atoms with Crippen LogP contribution in [0.25, 0.3) is 0 Å². The highest BCUT2D eigenvalue weighted by Gasteiger charge is 2.02. The third kappa shape index (κ3) is 4.21. The Morgan fingerprint density at radius 2 is 2.07 bits per heavy atom. The van der Waals surface area contributed by atoms with E-state index in [9.17, 15) is 5.11 Å². The lowest BCUT2D eigenvalue weighted by molar-refractivity contribution is -0.111. The Hall–Kier alpha value is -1.12. The van der Waals surface area contributed by atoms with Crippen LogP contribution in [0.15, 0.2) is 43.0 Å². The van der Waals surface area contributed by atoms with Crippen molar-refractivity contribution in [1.82, 2.24) is 0 Å². The van der Waals surface area contributed by atoms with E-state index in [1.54, 1.807) is 6.08 Å². The second kappa shape index (κ2) is 6.35. The van der Waals surface area contributed by atoms with Gasteiger partial charge >= 0.3 is 0 Å². The number of hydrogen-bond acceptors (Lipinski definition) is 2. The molecule has 2 heteroatoms. The molecule has 0 heterocycles. The van der Waals surface area contributed by atoms with Gasteiger partial charge in [0.25, 0.3) is 0 Å². The fraction of sp³-hybridized carbons (Fsp3) is 0.333. The highest BCUT2D eigenvalue weighted by molar-refractivity contribution is 5.13. The van der Waals surface area contributed by atoms with Crippen molar-refractivity contribution in [2.45, 2.75) is 25.7 Å². The summed E-state index contributed by atoms with van der Waals surface area (Å²) >= 11 is 0. The van der Waals surface area contributed by atoms with Crippen molar-refractivity contribution >= 4 is 0 Å². The maximum absolute atomic E-state index is 9.37. The Balaban J connectivity index is 2.23. The van der Waals surface area contributed by atoms with E-state index in [0.29, 0.717) is 13.0 Å². The number of allylic oxidation sites excluding steroid dienone is 1. The molecule has 0 fully saturated rings. The number of benzene rings is 1. The summed E-state index contributed by atoms with van der Waals surface area (Å²) < 4.78 is 5.24. The normalized spacial score (nSPS) is 12.4.